The molecule has 0 aliphatic heterocycles. The van der Waals surface area contributed by atoms with Gasteiger partial charge in [0.05, 0.1) is 12.0 Å². The second-order valence-corrected chi connectivity index (χ2v) is 4.92. The van der Waals surface area contributed by atoms with E-state index in [-0.39, 0.29) is 18.1 Å². The lowest BCUT2D eigenvalue weighted by atomic mass is 10.3. The third-order valence-electron chi connectivity index (χ3n) is 2.63. The largest absolute Gasteiger partial charge is 0.485 e. The number of ether oxygens (including phenoxy) is 1. The maximum absolute atomic E-state index is 11.0. The number of aromatic carboxylic acids is 1. The zero-order chi connectivity index (χ0) is 14.7. The van der Waals surface area contributed by atoms with E-state index in [1.807, 2.05) is 11.4 Å². The van der Waals surface area contributed by atoms with E-state index in [2.05, 4.69) is 9.97 Å². The fourth-order valence-electron chi connectivity index (χ4n) is 1.71. The van der Waals surface area contributed by atoms with Gasteiger partial charge in [-0.2, -0.15) is 0 Å². The van der Waals surface area contributed by atoms with E-state index in [1.54, 1.807) is 24.5 Å². The Labute approximate surface area is 123 Å². The average Bonchev–Trinajstić information content (AvgIpc) is 3.16. The van der Waals surface area contributed by atoms with Crippen LogP contribution in [0.5, 0.6) is 5.75 Å². The Morgan fingerprint density at radius 2 is 2.29 bits per heavy atom. The Kier molecular flexibility index (Phi) is 3.65. The number of furan rings is 1. The third-order valence-corrected chi connectivity index (χ3v) is 3.54. The van der Waals surface area contributed by atoms with Gasteiger partial charge in [0.25, 0.3) is 0 Å². The summed E-state index contributed by atoms with van der Waals surface area (Å²) in [4.78, 5) is 19.2. The van der Waals surface area contributed by atoms with Gasteiger partial charge in [-0.15, -0.1) is 11.3 Å². The van der Waals surface area contributed by atoms with Gasteiger partial charge in [-0.25, -0.2) is 14.8 Å². The summed E-state index contributed by atoms with van der Waals surface area (Å²) in [6.45, 7) is 0.170. The maximum atomic E-state index is 11.0. The summed E-state index contributed by atoms with van der Waals surface area (Å²) in [6.07, 6.45) is 3.00. The zero-order valence-electron chi connectivity index (χ0n) is 10.7. The van der Waals surface area contributed by atoms with E-state index >= 15 is 0 Å². The first-order valence-corrected chi connectivity index (χ1v) is 6.91. The molecule has 3 heterocycles. The van der Waals surface area contributed by atoms with Gasteiger partial charge in [0.15, 0.2) is 22.2 Å². The van der Waals surface area contributed by atoms with Crippen LogP contribution in [0.1, 0.15) is 16.2 Å². The van der Waals surface area contributed by atoms with Crippen molar-refractivity contribution < 1.29 is 19.1 Å². The van der Waals surface area contributed by atoms with Gasteiger partial charge < -0.3 is 14.3 Å². The van der Waals surface area contributed by atoms with Gasteiger partial charge in [-0.1, -0.05) is 0 Å². The lowest BCUT2D eigenvalue weighted by Gasteiger charge is -2.06. The number of hydrogen-bond acceptors (Lipinski definition) is 6. The molecule has 0 aliphatic rings. The van der Waals surface area contributed by atoms with Crippen LogP contribution in [0.2, 0.25) is 0 Å². The number of carboxylic acid groups (broad SMARTS) is 1. The van der Waals surface area contributed by atoms with Crippen molar-refractivity contribution in [3.05, 3.63) is 53.5 Å². The van der Waals surface area contributed by atoms with Gasteiger partial charge >= 0.3 is 5.97 Å². The molecule has 0 spiro atoms. The Morgan fingerprint density at radius 1 is 1.38 bits per heavy atom. The van der Waals surface area contributed by atoms with Crippen LogP contribution in [0, 0.1) is 0 Å². The topological polar surface area (TPSA) is 85.5 Å². The van der Waals surface area contributed by atoms with Crippen LogP contribution in [-0.2, 0) is 6.61 Å². The average molecular weight is 302 g/mol. The van der Waals surface area contributed by atoms with Crippen molar-refractivity contribution in [2.24, 2.45) is 0 Å². The second-order valence-electron chi connectivity index (χ2n) is 4.07. The van der Waals surface area contributed by atoms with Gasteiger partial charge in [0, 0.05) is 11.6 Å². The molecular formula is C14H10N2O4S. The predicted molar refractivity (Wildman–Crippen MR) is 75.3 cm³/mol. The first kappa shape index (κ1) is 13.3. The number of pyridine rings is 1. The predicted octanol–water partition coefficient (Wildman–Crippen LogP) is 3.08. The minimum Gasteiger partial charge on any atom is -0.485 e. The smallest absolute Gasteiger partial charge is 0.358 e. The normalized spacial score (nSPS) is 10.5. The molecule has 0 bridgehead atoms. The first-order chi connectivity index (χ1) is 10.2. The molecule has 0 saturated heterocycles. The summed E-state index contributed by atoms with van der Waals surface area (Å²) in [5, 5.41) is 11.6. The Balaban J connectivity index is 1.73. The van der Waals surface area contributed by atoms with E-state index in [4.69, 9.17) is 14.3 Å². The van der Waals surface area contributed by atoms with Crippen molar-refractivity contribution >= 4 is 17.3 Å². The minimum atomic E-state index is -1.12. The van der Waals surface area contributed by atoms with Crippen molar-refractivity contribution in [1.29, 1.82) is 0 Å². The molecule has 3 aromatic rings. The second kappa shape index (κ2) is 5.76. The Hall–Kier alpha value is -2.67. The zero-order valence-corrected chi connectivity index (χ0v) is 11.5. The third kappa shape index (κ3) is 2.92. The number of rotatable bonds is 5. The quantitative estimate of drug-likeness (QED) is 0.779. The molecule has 0 radical (unpaired) electrons. The molecule has 0 atom stereocenters. The summed E-state index contributed by atoms with van der Waals surface area (Å²) in [7, 11) is 0. The molecule has 1 N–H and O–H groups in total. The van der Waals surface area contributed by atoms with E-state index in [0.29, 0.717) is 11.5 Å². The van der Waals surface area contributed by atoms with Crippen molar-refractivity contribution in [3.63, 3.8) is 0 Å². The minimum absolute atomic E-state index is 0.112. The monoisotopic (exact) mass is 302 g/mol. The van der Waals surface area contributed by atoms with Gasteiger partial charge in [-0.05, 0) is 24.3 Å². The van der Waals surface area contributed by atoms with E-state index in [1.165, 1.54) is 17.5 Å². The van der Waals surface area contributed by atoms with Crippen LogP contribution >= 0.6 is 11.3 Å². The Morgan fingerprint density at radius 3 is 3.05 bits per heavy atom. The number of carbonyl (C=O) groups is 1. The van der Waals surface area contributed by atoms with Gasteiger partial charge in [0.1, 0.15) is 6.61 Å². The summed E-state index contributed by atoms with van der Waals surface area (Å²) < 4.78 is 10.8. The van der Waals surface area contributed by atoms with Crippen LogP contribution in [0.3, 0.4) is 0 Å². The summed E-state index contributed by atoms with van der Waals surface area (Å²) >= 11 is 1.44. The lowest BCUT2D eigenvalue weighted by molar-refractivity contribution is 0.0684. The molecule has 0 unspecified atom stereocenters. The van der Waals surface area contributed by atoms with Crippen LogP contribution in [0.4, 0.5) is 0 Å². The number of aromatic nitrogens is 2. The van der Waals surface area contributed by atoms with Crippen molar-refractivity contribution in [3.8, 4) is 16.5 Å². The molecule has 0 aliphatic carbocycles. The lowest BCUT2D eigenvalue weighted by Crippen LogP contribution is -2.05. The number of nitrogens with zero attached hydrogens (tertiary/aromatic N) is 2. The summed E-state index contributed by atoms with van der Waals surface area (Å²) in [5.74, 6) is -0.212. The number of thiazole rings is 1. The van der Waals surface area contributed by atoms with E-state index in [0.717, 1.165) is 5.01 Å². The standard InChI is InChI=1S/C14H10N2O4S/c17-14(18)12-10(3-1-5-15-12)20-7-9-8-21-13(16-9)11-4-2-6-19-11/h1-6,8H,7H2,(H,17,18). The Bertz CT molecular complexity index is 752. The summed E-state index contributed by atoms with van der Waals surface area (Å²) in [5.41, 5.74) is 0.588. The highest BCUT2D eigenvalue weighted by Crippen LogP contribution is 2.25. The first-order valence-electron chi connectivity index (χ1n) is 6.03. The van der Waals surface area contributed by atoms with Crippen LogP contribution < -0.4 is 4.74 Å². The van der Waals surface area contributed by atoms with Gasteiger partial charge in [-0.3, -0.25) is 0 Å². The molecule has 0 fully saturated rings. The molecule has 7 heteroatoms. The molecule has 0 aromatic carbocycles. The SMILES string of the molecule is O=C(O)c1ncccc1OCc1csc(-c2ccco2)n1. The van der Waals surface area contributed by atoms with Crippen LogP contribution in [0.15, 0.2) is 46.5 Å². The molecule has 6 nitrogen and oxygen atoms in total. The van der Waals surface area contributed by atoms with Crippen molar-refractivity contribution in [2.45, 2.75) is 6.61 Å². The highest BCUT2D eigenvalue weighted by atomic mass is 32.1. The maximum Gasteiger partial charge on any atom is 0.358 e. The summed E-state index contributed by atoms with van der Waals surface area (Å²) in [6, 6.07) is 6.81. The fraction of sp³-hybridized carbons (Fsp3) is 0.0714. The van der Waals surface area contributed by atoms with E-state index < -0.39 is 5.97 Å². The molecule has 3 rings (SSSR count). The van der Waals surface area contributed by atoms with Crippen LogP contribution in [-0.4, -0.2) is 21.0 Å². The number of hydrogen-bond donors (Lipinski definition) is 1. The fourth-order valence-corrected chi connectivity index (χ4v) is 2.48. The van der Waals surface area contributed by atoms with Gasteiger partial charge in [0.2, 0.25) is 0 Å². The highest BCUT2D eigenvalue weighted by Gasteiger charge is 2.13. The van der Waals surface area contributed by atoms with Crippen molar-refractivity contribution in [2.75, 3.05) is 0 Å². The molecule has 106 valence electrons. The molecule has 0 amide bonds. The number of carboxylic acids is 1. The molecule has 3 aromatic heterocycles. The van der Waals surface area contributed by atoms with Crippen molar-refractivity contribution in [1.82, 2.24) is 9.97 Å². The highest BCUT2D eigenvalue weighted by molar-refractivity contribution is 7.13. The molecular weight excluding hydrogens is 292 g/mol. The molecule has 0 saturated carbocycles. The molecule has 21 heavy (non-hydrogen) atoms. The van der Waals surface area contributed by atoms with Crippen LogP contribution in [0.25, 0.3) is 10.8 Å². The van der Waals surface area contributed by atoms with E-state index in [9.17, 15) is 4.79 Å².